The highest BCUT2D eigenvalue weighted by Gasteiger charge is 2.25. The molecule has 0 saturated carbocycles. The Bertz CT molecular complexity index is 856. The van der Waals surface area contributed by atoms with Crippen LogP contribution in [0.4, 0.5) is 11.4 Å². The molecule has 1 aromatic carbocycles. The molecular formula is C18H22N2O5. The fourth-order valence-corrected chi connectivity index (χ4v) is 2.53. The molecule has 1 aromatic heterocycles. The molecule has 0 aliphatic rings. The molecule has 0 saturated heterocycles. The van der Waals surface area contributed by atoms with Crippen molar-refractivity contribution in [3.63, 3.8) is 0 Å². The lowest BCUT2D eigenvalue weighted by molar-refractivity contribution is -0.150. The number of rotatable bonds is 5. The standard InChI is InChI=1S/C18H22N2O5/c1-4-5-6-7-16(22)25-20(12(3)21)17-11(2)14-9-8-13(19)10-15(14)24-18(17)23/h8-10H,4-7,19H2,1-3H3. The van der Waals surface area contributed by atoms with E-state index in [1.54, 1.807) is 19.1 Å². The molecule has 25 heavy (non-hydrogen) atoms. The molecule has 134 valence electrons. The SMILES string of the molecule is CCCCCC(=O)ON(C(C)=O)c1c(C)c2ccc(N)cc2oc1=O. The van der Waals surface area contributed by atoms with Gasteiger partial charge in [-0.05, 0) is 31.0 Å². The number of nitrogens with zero attached hydrogens (tertiary/aromatic N) is 1. The Morgan fingerprint density at radius 3 is 2.64 bits per heavy atom. The Morgan fingerprint density at radius 2 is 2.00 bits per heavy atom. The molecule has 0 spiro atoms. The summed E-state index contributed by atoms with van der Waals surface area (Å²) in [7, 11) is 0. The lowest BCUT2D eigenvalue weighted by Gasteiger charge is -2.20. The first-order valence-corrected chi connectivity index (χ1v) is 8.19. The number of aryl methyl sites for hydroxylation is 1. The van der Waals surface area contributed by atoms with E-state index in [0.717, 1.165) is 12.8 Å². The molecule has 0 aliphatic heterocycles. The van der Waals surface area contributed by atoms with E-state index < -0.39 is 17.5 Å². The molecule has 7 nitrogen and oxygen atoms in total. The van der Waals surface area contributed by atoms with Crippen LogP contribution in [0.5, 0.6) is 0 Å². The van der Waals surface area contributed by atoms with Crippen LogP contribution >= 0.6 is 0 Å². The van der Waals surface area contributed by atoms with Crippen molar-refractivity contribution in [3.05, 3.63) is 34.2 Å². The van der Waals surface area contributed by atoms with Crippen LogP contribution < -0.4 is 16.4 Å². The van der Waals surface area contributed by atoms with Crippen molar-refractivity contribution in [2.45, 2.75) is 46.5 Å². The second-order valence-corrected chi connectivity index (χ2v) is 5.85. The topological polar surface area (TPSA) is 103 Å². The highest BCUT2D eigenvalue weighted by Crippen LogP contribution is 2.26. The van der Waals surface area contributed by atoms with Gasteiger partial charge in [-0.3, -0.25) is 4.79 Å². The molecule has 0 unspecified atom stereocenters. The molecule has 7 heteroatoms. The van der Waals surface area contributed by atoms with E-state index in [1.165, 1.54) is 13.0 Å². The van der Waals surface area contributed by atoms with Gasteiger partial charge in [0.2, 0.25) is 0 Å². The van der Waals surface area contributed by atoms with Gasteiger partial charge >= 0.3 is 11.6 Å². The van der Waals surface area contributed by atoms with Crippen LogP contribution in [0.15, 0.2) is 27.4 Å². The number of carbonyl (C=O) groups excluding carboxylic acids is 2. The van der Waals surface area contributed by atoms with E-state index in [0.29, 0.717) is 33.7 Å². The van der Waals surface area contributed by atoms with Crippen LogP contribution in [-0.4, -0.2) is 11.9 Å². The zero-order valence-corrected chi connectivity index (χ0v) is 14.6. The van der Waals surface area contributed by atoms with E-state index in [-0.39, 0.29) is 12.1 Å². The maximum absolute atomic E-state index is 12.4. The van der Waals surface area contributed by atoms with E-state index in [1.807, 2.05) is 6.92 Å². The summed E-state index contributed by atoms with van der Waals surface area (Å²) < 4.78 is 5.24. The monoisotopic (exact) mass is 346 g/mol. The van der Waals surface area contributed by atoms with Crippen molar-refractivity contribution >= 4 is 34.2 Å². The van der Waals surface area contributed by atoms with Gasteiger partial charge < -0.3 is 15.0 Å². The summed E-state index contributed by atoms with van der Waals surface area (Å²) in [5.41, 5.74) is 6.06. The van der Waals surface area contributed by atoms with Crippen LogP contribution in [0.3, 0.4) is 0 Å². The average Bonchev–Trinajstić information content (AvgIpc) is 2.53. The number of carbonyl (C=O) groups is 2. The summed E-state index contributed by atoms with van der Waals surface area (Å²) in [6.45, 7) is 4.89. The number of nitrogens with two attached hydrogens (primary N) is 1. The van der Waals surface area contributed by atoms with Crippen molar-refractivity contribution in [3.8, 4) is 0 Å². The number of anilines is 2. The fourth-order valence-electron chi connectivity index (χ4n) is 2.53. The predicted molar refractivity (Wildman–Crippen MR) is 95.0 cm³/mol. The van der Waals surface area contributed by atoms with Gasteiger partial charge in [0.25, 0.3) is 5.91 Å². The van der Waals surface area contributed by atoms with Gasteiger partial charge in [-0.2, -0.15) is 0 Å². The van der Waals surface area contributed by atoms with E-state index in [9.17, 15) is 14.4 Å². The Morgan fingerprint density at radius 1 is 1.28 bits per heavy atom. The molecular weight excluding hydrogens is 324 g/mol. The summed E-state index contributed by atoms with van der Waals surface area (Å²) in [5.74, 6) is -1.16. The molecule has 0 radical (unpaired) electrons. The van der Waals surface area contributed by atoms with Crippen LogP contribution in [0.2, 0.25) is 0 Å². The molecule has 0 aliphatic carbocycles. The van der Waals surface area contributed by atoms with Gasteiger partial charge in [0.05, 0.1) is 0 Å². The lowest BCUT2D eigenvalue weighted by Crippen LogP contribution is -2.35. The zero-order chi connectivity index (χ0) is 18.6. The number of amides is 1. The number of benzene rings is 1. The summed E-state index contributed by atoms with van der Waals surface area (Å²) in [5, 5.41) is 1.32. The maximum Gasteiger partial charge on any atom is 0.364 e. The highest BCUT2D eigenvalue weighted by atomic mass is 16.7. The minimum Gasteiger partial charge on any atom is -0.421 e. The molecule has 0 fully saturated rings. The average molecular weight is 346 g/mol. The number of nitrogen functional groups attached to an aromatic ring is 1. The molecule has 1 heterocycles. The zero-order valence-electron chi connectivity index (χ0n) is 14.6. The Labute approximate surface area is 145 Å². The summed E-state index contributed by atoms with van der Waals surface area (Å²) in [4.78, 5) is 41.4. The van der Waals surface area contributed by atoms with Crippen LogP contribution in [-0.2, 0) is 14.4 Å². The minimum atomic E-state index is -0.771. The second-order valence-electron chi connectivity index (χ2n) is 5.85. The first-order valence-electron chi connectivity index (χ1n) is 8.19. The molecule has 1 amide bonds. The summed E-state index contributed by atoms with van der Waals surface area (Å²) >= 11 is 0. The van der Waals surface area contributed by atoms with Gasteiger partial charge in [0.1, 0.15) is 5.58 Å². The smallest absolute Gasteiger partial charge is 0.364 e. The van der Waals surface area contributed by atoms with Crippen LogP contribution in [0.25, 0.3) is 11.0 Å². The van der Waals surface area contributed by atoms with E-state index in [2.05, 4.69) is 0 Å². The second kappa shape index (κ2) is 7.83. The van der Waals surface area contributed by atoms with Crippen molar-refractivity contribution in [1.29, 1.82) is 0 Å². The van der Waals surface area contributed by atoms with Gasteiger partial charge in [0.15, 0.2) is 5.69 Å². The first-order chi connectivity index (χ1) is 11.8. The van der Waals surface area contributed by atoms with Gasteiger partial charge in [-0.1, -0.05) is 19.8 Å². The minimum absolute atomic E-state index is 0.103. The first kappa shape index (κ1) is 18.5. The third kappa shape index (κ3) is 4.17. The van der Waals surface area contributed by atoms with E-state index >= 15 is 0 Å². The van der Waals surface area contributed by atoms with Crippen molar-refractivity contribution in [2.24, 2.45) is 0 Å². The molecule has 0 bridgehead atoms. The Balaban J connectivity index is 2.41. The Kier molecular flexibility index (Phi) is 5.80. The van der Waals surface area contributed by atoms with Crippen LogP contribution in [0.1, 0.15) is 45.1 Å². The van der Waals surface area contributed by atoms with Gasteiger partial charge in [0, 0.05) is 30.5 Å². The number of hydrogen-bond acceptors (Lipinski definition) is 6. The van der Waals surface area contributed by atoms with Crippen LogP contribution in [0, 0.1) is 6.92 Å². The molecule has 2 rings (SSSR count). The van der Waals surface area contributed by atoms with Gasteiger partial charge in [-0.15, -0.1) is 5.06 Å². The molecule has 2 N–H and O–H groups in total. The normalized spacial score (nSPS) is 10.7. The third-order valence-electron chi connectivity index (χ3n) is 3.83. The summed E-state index contributed by atoms with van der Waals surface area (Å²) in [6, 6.07) is 4.88. The summed E-state index contributed by atoms with van der Waals surface area (Å²) in [6.07, 6.45) is 2.67. The third-order valence-corrected chi connectivity index (χ3v) is 3.83. The fraction of sp³-hybridized carbons (Fsp3) is 0.389. The van der Waals surface area contributed by atoms with Crippen molar-refractivity contribution in [1.82, 2.24) is 0 Å². The van der Waals surface area contributed by atoms with Gasteiger partial charge in [-0.25, -0.2) is 9.59 Å². The maximum atomic E-state index is 12.4. The lowest BCUT2D eigenvalue weighted by atomic mass is 10.1. The molecule has 0 atom stereocenters. The highest BCUT2D eigenvalue weighted by molar-refractivity contribution is 5.95. The number of hydrogen-bond donors (Lipinski definition) is 1. The predicted octanol–water partition coefficient (Wildman–Crippen LogP) is 3.08. The Hall–Kier alpha value is -2.83. The van der Waals surface area contributed by atoms with Crippen molar-refractivity contribution < 1.29 is 18.8 Å². The number of unbranched alkanes of at least 4 members (excludes halogenated alkanes) is 2. The van der Waals surface area contributed by atoms with E-state index in [4.69, 9.17) is 15.0 Å². The quantitative estimate of drug-likeness (QED) is 0.386. The molecule has 2 aromatic rings. The van der Waals surface area contributed by atoms with Crippen molar-refractivity contribution in [2.75, 3.05) is 10.8 Å². The number of fused-ring (bicyclic) bond motifs is 1. The number of hydroxylamine groups is 1. The largest absolute Gasteiger partial charge is 0.421 e.